The molecule has 0 amide bonds. The van der Waals surface area contributed by atoms with Crippen LogP contribution in [0.1, 0.15) is 44.9 Å². The summed E-state index contributed by atoms with van der Waals surface area (Å²) in [6.45, 7) is 4.65. The molecule has 3 aromatic rings. The van der Waals surface area contributed by atoms with Gasteiger partial charge in [0.05, 0.1) is 22.8 Å². The summed E-state index contributed by atoms with van der Waals surface area (Å²) in [6.07, 6.45) is 9.94. The number of aryl methyl sites for hydroxylation is 2. The Morgan fingerprint density at radius 2 is 2.04 bits per heavy atom. The molecule has 24 heavy (non-hydrogen) atoms. The van der Waals surface area contributed by atoms with E-state index in [9.17, 15) is 0 Å². The highest BCUT2D eigenvalue weighted by Gasteiger charge is 2.21. The molecule has 0 saturated heterocycles. The maximum Gasteiger partial charge on any atom is 0.251 e. The van der Waals surface area contributed by atoms with Crippen molar-refractivity contribution in [3.05, 3.63) is 18.3 Å². The molecule has 1 saturated carbocycles. The maximum atomic E-state index is 5.65. The summed E-state index contributed by atoms with van der Waals surface area (Å²) in [6, 6.07) is 0.470. The number of rotatable bonds is 4. The zero-order valence-corrected chi connectivity index (χ0v) is 14.1. The quantitative estimate of drug-likeness (QED) is 0.789. The second-order valence-electron chi connectivity index (χ2n) is 6.35. The van der Waals surface area contributed by atoms with Crippen molar-refractivity contribution in [2.24, 2.45) is 0 Å². The second-order valence-corrected chi connectivity index (χ2v) is 6.35. The van der Waals surface area contributed by atoms with Crippen LogP contribution in [0, 0.1) is 6.92 Å². The predicted octanol–water partition coefficient (Wildman–Crippen LogP) is 3.55. The van der Waals surface area contributed by atoms with Gasteiger partial charge in [-0.2, -0.15) is 5.10 Å². The molecule has 0 unspecified atom stereocenters. The fraction of sp³-hybridized carbons (Fsp3) is 0.529. The molecular weight excluding hydrogens is 304 g/mol. The second kappa shape index (κ2) is 6.22. The molecule has 1 fully saturated rings. The SMILES string of the molecule is CCn1ncc2c(NC3CCCCC3)c(-c3nnc(C)o3)cnc21. The lowest BCUT2D eigenvalue weighted by molar-refractivity contribution is 0.463. The van der Waals surface area contributed by atoms with Crippen LogP contribution in [0.25, 0.3) is 22.5 Å². The number of hydrogen-bond acceptors (Lipinski definition) is 6. The Labute approximate surface area is 140 Å². The van der Waals surface area contributed by atoms with Crippen LogP contribution in [-0.4, -0.2) is 31.0 Å². The first-order valence-corrected chi connectivity index (χ1v) is 8.67. The van der Waals surface area contributed by atoms with Crippen molar-refractivity contribution in [3.8, 4) is 11.5 Å². The van der Waals surface area contributed by atoms with Crippen LogP contribution in [0.4, 0.5) is 5.69 Å². The van der Waals surface area contributed by atoms with Gasteiger partial charge >= 0.3 is 0 Å². The number of nitrogens with zero attached hydrogens (tertiary/aromatic N) is 5. The topological polar surface area (TPSA) is 81.7 Å². The van der Waals surface area contributed by atoms with Crippen LogP contribution in [0.15, 0.2) is 16.8 Å². The van der Waals surface area contributed by atoms with Crippen molar-refractivity contribution >= 4 is 16.7 Å². The van der Waals surface area contributed by atoms with Gasteiger partial charge in [-0.15, -0.1) is 10.2 Å². The number of fused-ring (bicyclic) bond motifs is 1. The Kier molecular flexibility index (Phi) is 3.92. The third-order valence-corrected chi connectivity index (χ3v) is 4.68. The first-order valence-electron chi connectivity index (χ1n) is 8.67. The molecule has 3 heterocycles. The minimum absolute atomic E-state index is 0.470. The fourth-order valence-corrected chi connectivity index (χ4v) is 3.43. The van der Waals surface area contributed by atoms with Gasteiger partial charge in [0.2, 0.25) is 5.89 Å². The van der Waals surface area contributed by atoms with Crippen molar-refractivity contribution < 1.29 is 4.42 Å². The van der Waals surface area contributed by atoms with Crippen LogP contribution in [-0.2, 0) is 6.54 Å². The number of aromatic nitrogens is 5. The van der Waals surface area contributed by atoms with Gasteiger partial charge in [0.25, 0.3) is 5.89 Å². The van der Waals surface area contributed by atoms with E-state index in [1.54, 1.807) is 6.92 Å². The third kappa shape index (κ3) is 2.64. The molecule has 1 aliphatic rings. The molecule has 0 atom stereocenters. The van der Waals surface area contributed by atoms with Gasteiger partial charge in [-0.25, -0.2) is 9.67 Å². The van der Waals surface area contributed by atoms with Crippen molar-refractivity contribution in [2.45, 2.75) is 58.5 Å². The molecule has 7 nitrogen and oxygen atoms in total. The van der Waals surface area contributed by atoms with Crippen LogP contribution in [0.2, 0.25) is 0 Å². The Morgan fingerprint density at radius 1 is 1.21 bits per heavy atom. The number of anilines is 1. The lowest BCUT2D eigenvalue weighted by Crippen LogP contribution is -2.22. The van der Waals surface area contributed by atoms with Crippen molar-refractivity contribution in [1.29, 1.82) is 0 Å². The maximum absolute atomic E-state index is 5.65. The van der Waals surface area contributed by atoms with Gasteiger partial charge in [-0.3, -0.25) is 0 Å². The highest BCUT2D eigenvalue weighted by Crippen LogP contribution is 2.35. The Balaban J connectivity index is 1.82. The van der Waals surface area contributed by atoms with E-state index in [4.69, 9.17) is 4.42 Å². The standard InChI is InChI=1S/C17H22N6O/c1-3-23-16-13(10-19-23)15(20-12-7-5-4-6-8-12)14(9-18-16)17-22-21-11(2)24-17/h9-10,12H,3-8H2,1-2H3,(H,18,20). The van der Waals surface area contributed by atoms with Gasteiger partial charge in [0.1, 0.15) is 0 Å². The summed E-state index contributed by atoms with van der Waals surface area (Å²) >= 11 is 0. The van der Waals surface area contributed by atoms with Gasteiger partial charge in [-0.1, -0.05) is 19.3 Å². The summed E-state index contributed by atoms with van der Waals surface area (Å²) in [5.41, 5.74) is 2.75. The van der Waals surface area contributed by atoms with Crippen molar-refractivity contribution in [3.63, 3.8) is 0 Å². The molecule has 0 bridgehead atoms. The van der Waals surface area contributed by atoms with E-state index in [1.165, 1.54) is 32.1 Å². The minimum atomic E-state index is 0.470. The zero-order valence-electron chi connectivity index (χ0n) is 14.1. The van der Waals surface area contributed by atoms with Crippen LogP contribution in [0.3, 0.4) is 0 Å². The molecule has 126 valence electrons. The summed E-state index contributed by atoms with van der Waals surface area (Å²) in [7, 11) is 0. The molecular formula is C17H22N6O. The predicted molar refractivity (Wildman–Crippen MR) is 91.7 cm³/mol. The normalized spacial score (nSPS) is 15.9. The lowest BCUT2D eigenvalue weighted by atomic mass is 9.95. The van der Waals surface area contributed by atoms with E-state index in [-0.39, 0.29) is 0 Å². The average molecular weight is 326 g/mol. The molecule has 0 spiro atoms. The van der Waals surface area contributed by atoms with E-state index >= 15 is 0 Å². The summed E-state index contributed by atoms with van der Waals surface area (Å²) < 4.78 is 7.56. The monoisotopic (exact) mass is 326 g/mol. The van der Waals surface area contributed by atoms with Gasteiger partial charge < -0.3 is 9.73 Å². The van der Waals surface area contributed by atoms with Gasteiger partial charge in [-0.05, 0) is 19.8 Å². The van der Waals surface area contributed by atoms with Crippen LogP contribution in [0.5, 0.6) is 0 Å². The molecule has 1 aliphatic carbocycles. The summed E-state index contributed by atoms with van der Waals surface area (Å²) in [4.78, 5) is 4.58. The number of pyridine rings is 1. The first kappa shape index (κ1) is 15.1. The van der Waals surface area contributed by atoms with E-state index < -0.39 is 0 Å². The highest BCUT2D eigenvalue weighted by atomic mass is 16.4. The highest BCUT2D eigenvalue weighted by molar-refractivity contribution is 5.96. The molecule has 7 heteroatoms. The van der Waals surface area contributed by atoms with Gasteiger partial charge in [0, 0.05) is 25.7 Å². The molecule has 3 aromatic heterocycles. The van der Waals surface area contributed by atoms with Crippen molar-refractivity contribution in [1.82, 2.24) is 25.0 Å². The number of hydrogen-bond donors (Lipinski definition) is 1. The van der Waals surface area contributed by atoms with E-state index in [0.717, 1.165) is 28.8 Å². The number of nitrogens with one attached hydrogen (secondary N) is 1. The third-order valence-electron chi connectivity index (χ3n) is 4.68. The largest absolute Gasteiger partial charge is 0.421 e. The first-order chi connectivity index (χ1) is 11.8. The molecule has 4 rings (SSSR count). The summed E-state index contributed by atoms with van der Waals surface area (Å²) in [5, 5.41) is 17.3. The molecule has 0 aromatic carbocycles. The van der Waals surface area contributed by atoms with E-state index in [0.29, 0.717) is 17.8 Å². The molecule has 0 radical (unpaired) electrons. The zero-order chi connectivity index (χ0) is 16.5. The minimum Gasteiger partial charge on any atom is -0.421 e. The average Bonchev–Trinajstić information content (AvgIpc) is 3.22. The van der Waals surface area contributed by atoms with Crippen LogP contribution < -0.4 is 5.32 Å². The van der Waals surface area contributed by atoms with Crippen molar-refractivity contribution in [2.75, 3.05) is 5.32 Å². The smallest absolute Gasteiger partial charge is 0.251 e. The fourth-order valence-electron chi connectivity index (χ4n) is 3.43. The lowest BCUT2D eigenvalue weighted by Gasteiger charge is -2.25. The van der Waals surface area contributed by atoms with E-state index in [1.807, 2.05) is 17.1 Å². The van der Waals surface area contributed by atoms with Crippen LogP contribution >= 0.6 is 0 Å². The molecule has 1 N–H and O–H groups in total. The Hall–Kier alpha value is -2.44. The Morgan fingerprint density at radius 3 is 2.75 bits per heavy atom. The Bertz CT molecular complexity index is 846. The molecule has 0 aliphatic heterocycles. The summed E-state index contributed by atoms with van der Waals surface area (Å²) in [5.74, 6) is 1.06. The van der Waals surface area contributed by atoms with E-state index in [2.05, 4.69) is 32.5 Å². The van der Waals surface area contributed by atoms with Gasteiger partial charge in [0.15, 0.2) is 5.65 Å².